The Hall–Kier alpha value is -0.900. The van der Waals surface area contributed by atoms with Gasteiger partial charge in [0.2, 0.25) is 0 Å². The molecule has 100 valence electrons. The summed E-state index contributed by atoms with van der Waals surface area (Å²) in [7, 11) is 0. The minimum atomic E-state index is -0.0245. The van der Waals surface area contributed by atoms with Crippen LogP contribution in [0, 0.1) is 6.92 Å². The number of ether oxygens (including phenoxy) is 1. The fourth-order valence-electron chi connectivity index (χ4n) is 2.55. The van der Waals surface area contributed by atoms with Crippen LogP contribution in [0.5, 0.6) is 0 Å². The quantitative estimate of drug-likeness (QED) is 0.890. The van der Waals surface area contributed by atoms with Gasteiger partial charge in [0.15, 0.2) is 0 Å². The maximum absolute atomic E-state index is 5.74. The van der Waals surface area contributed by atoms with Crippen molar-refractivity contribution in [3.63, 3.8) is 0 Å². The molecule has 0 bridgehead atoms. The molecule has 1 aliphatic heterocycles. The summed E-state index contributed by atoms with van der Waals surface area (Å²) in [6.07, 6.45) is 0. The molecule has 2 rings (SSSR count). The van der Waals surface area contributed by atoms with Crippen molar-refractivity contribution in [1.82, 2.24) is 4.90 Å². The van der Waals surface area contributed by atoms with Gasteiger partial charge in [-0.2, -0.15) is 0 Å². The zero-order chi connectivity index (χ0) is 13.2. The van der Waals surface area contributed by atoms with Gasteiger partial charge in [0.1, 0.15) is 0 Å². The van der Waals surface area contributed by atoms with Crippen LogP contribution in [0.2, 0.25) is 0 Å². The number of nitrogens with two attached hydrogens (primary N) is 1. The average molecular weight is 248 g/mol. The van der Waals surface area contributed by atoms with E-state index >= 15 is 0 Å². The van der Waals surface area contributed by atoms with E-state index in [2.05, 4.69) is 43.9 Å². The van der Waals surface area contributed by atoms with E-state index in [1.54, 1.807) is 0 Å². The Morgan fingerprint density at radius 2 is 2.17 bits per heavy atom. The molecule has 0 atom stereocenters. The summed E-state index contributed by atoms with van der Waals surface area (Å²) in [6.45, 7) is 10.9. The number of hydrogen-bond donors (Lipinski definition) is 1. The van der Waals surface area contributed by atoms with Crippen LogP contribution in [0.1, 0.15) is 30.5 Å². The second kappa shape index (κ2) is 5.39. The molecule has 0 saturated carbocycles. The van der Waals surface area contributed by atoms with Gasteiger partial charge in [-0.1, -0.05) is 18.2 Å². The normalized spacial score (nSPS) is 20.0. The molecule has 0 aliphatic carbocycles. The van der Waals surface area contributed by atoms with Crippen LogP contribution in [-0.4, -0.2) is 30.2 Å². The molecule has 3 nitrogen and oxygen atoms in total. The molecular weight excluding hydrogens is 224 g/mol. The minimum Gasteiger partial charge on any atom is -0.373 e. The highest BCUT2D eigenvalue weighted by Gasteiger charge is 2.27. The molecule has 1 aromatic carbocycles. The summed E-state index contributed by atoms with van der Waals surface area (Å²) in [5, 5.41) is 0. The monoisotopic (exact) mass is 248 g/mol. The maximum atomic E-state index is 5.74. The van der Waals surface area contributed by atoms with Gasteiger partial charge < -0.3 is 10.5 Å². The zero-order valence-electron chi connectivity index (χ0n) is 11.7. The van der Waals surface area contributed by atoms with Crippen molar-refractivity contribution < 1.29 is 4.74 Å². The fraction of sp³-hybridized carbons (Fsp3) is 0.600. The Labute approximate surface area is 110 Å². The highest BCUT2D eigenvalue weighted by molar-refractivity contribution is 5.31. The highest BCUT2D eigenvalue weighted by Crippen LogP contribution is 2.20. The van der Waals surface area contributed by atoms with Crippen molar-refractivity contribution >= 4 is 0 Å². The first-order valence-electron chi connectivity index (χ1n) is 6.65. The van der Waals surface area contributed by atoms with Crippen LogP contribution in [0.4, 0.5) is 0 Å². The first-order valence-corrected chi connectivity index (χ1v) is 6.65. The van der Waals surface area contributed by atoms with E-state index in [0.29, 0.717) is 6.54 Å². The van der Waals surface area contributed by atoms with Gasteiger partial charge in [-0.3, -0.25) is 4.90 Å². The third kappa shape index (κ3) is 3.31. The molecule has 0 spiro atoms. The van der Waals surface area contributed by atoms with E-state index in [1.165, 1.54) is 16.7 Å². The van der Waals surface area contributed by atoms with Gasteiger partial charge in [-0.05, 0) is 37.5 Å². The minimum absolute atomic E-state index is 0.0245. The molecule has 3 heteroatoms. The summed E-state index contributed by atoms with van der Waals surface area (Å²) in [5.74, 6) is 0. The average Bonchev–Trinajstić information content (AvgIpc) is 2.30. The van der Waals surface area contributed by atoms with Gasteiger partial charge in [-0.15, -0.1) is 0 Å². The zero-order valence-corrected chi connectivity index (χ0v) is 11.7. The first kappa shape index (κ1) is 13.5. The van der Waals surface area contributed by atoms with Crippen LogP contribution in [0.3, 0.4) is 0 Å². The Balaban J connectivity index is 2.05. The van der Waals surface area contributed by atoms with Gasteiger partial charge in [-0.25, -0.2) is 0 Å². The molecule has 1 fully saturated rings. The number of benzene rings is 1. The van der Waals surface area contributed by atoms with E-state index in [9.17, 15) is 0 Å². The lowest BCUT2D eigenvalue weighted by molar-refractivity contribution is -0.0883. The Bertz CT molecular complexity index is 415. The summed E-state index contributed by atoms with van der Waals surface area (Å²) >= 11 is 0. The Morgan fingerprint density at radius 3 is 2.78 bits per heavy atom. The smallest absolute Gasteiger partial charge is 0.0753 e. The number of aryl methyl sites for hydroxylation is 1. The summed E-state index contributed by atoms with van der Waals surface area (Å²) in [6, 6.07) is 6.54. The van der Waals surface area contributed by atoms with Gasteiger partial charge in [0, 0.05) is 26.2 Å². The molecule has 1 heterocycles. The predicted octanol–water partition coefficient (Wildman–Crippen LogP) is 2.06. The van der Waals surface area contributed by atoms with Crippen LogP contribution in [-0.2, 0) is 17.8 Å². The second-order valence-corrected chi connectivity index (χ2v) is 5.78. The number of morpholine rings is 1. The van der Waals surface area contributed by atoms with Crippen molar-refractivity contribution in [3.05, 3.63) is 34.9 Å². The highest BCUT2D eigenvalue weighted by atomic mass is 16.5. The molecule has 0 aromatic heterocycles. The third-order valence-corrected chi connectivity index (χ3v) is 3.54. The van der Waals surface area contributed by atoms with Crippen molar-refractivity contribution in [2.75, 3.05) is 19.7 Å². The van der Waals surface area contributed by atoms with Gasteiger partial charge in [0.05, 0.1) is 12.2 Å². The van der Waals surface area contributed by atoms with E-state index < -0.39 is 0 Å². The predicted molar refractivity (Wildman–Crippen MR) is 74.4 cm³/mol. The van der Waals surface area contributed by atoms with E-state index in [-0.39, 0.29) is 5.60 Å². The van der Waals surface area contributed by atoms with E-state index in [0.717, 1.165) is 26.2 Å². The lowest BCUT2D eigenvalue weighted by atomic mass is 10.0. The van der Waals surface area contributed by atoms with E-state index in [1.807, 2.05) is 0 Å². The second-order valence-electron chi connectivity index (χ2n) is 5.78. The number of rotatable bonds is 3. The van der Waals surface area contributed by atoms with Crippen LogP contribution in [0.15, 0.2) is 18.2 Å². The number of hydrogen-bond acceptors (Lipinski definition) is 3. The van der Waals surface area contributed by atoms with E-state index in [4.69, 9.17) is 10.5 Å². The maximum Gasteiger partial charge on any atom is 0.0753 e. The van der Waals surface area contributed by atoms with Gasteiger partial charge in [0.25, 0.3) is 0 Å². The summed E-state index contributed by atoms with van der Waals surface area (Å²) in [4.78, 5) is 2.47. The van der Waals surface area contributed by atoms with Gasteiger partial charge >= 0.3 is 0 Å². The van der Waals surface area contributed by atoms with Crippen molar-refractivity contribution in [2.45, 2.75) is 39.5 Å². The first-order chi connectivity index (χ1) is 8.50. The van der Waals surface area contributed by atoms with Crippen LogP contribution < -0.4 is 5.73 Å². The van der Waals surface area contributed by atoms with Crippen LogP contribution in [0.25, 0.3) is 0 Å². The molecule has 0 radical (unpaired) electrons. The molecule has 2 N–H and O–H groups in total. The Kier molecular flexibility index (Phi) is 4.05. The molecule has 1 saturated heterocycles. The molecular formula is C15H24N2O. The van der Waals surface area contributed by atoms with Crippen molar-refractivity contribution in [3.8, 4) is 0 Å². The lowest BCUT2D eigenvalue weighted by Crippen LogP contribution is -2.47. The largest absolute Gasteiger partial charge is 0.373 e. The molecule has 0 amide bonds. The molecule has 0 unspecified atom stereocenters. The summed E-state index contributed by atoms with van der Waals surface area (Å²) in [5.41, 5.74) is 9.57. The molecule has 1 aliphatic rings. The third-order valence-electron chi connectivity index (χ3n) is 3.54. The molecule has 1 aromatic rings. The SMILES string of the molecule is Cc1cc(CN)ccc1CN1CCOC(C)(C)C1. The topological polar surface area (TPSA) is 38.5 Å². The lowest BCUT2D eigenvalue weighted by Gasteiger charge is -2.38. The molecule has 18 heavy (non-hydrogen) atoms. The standard InChI is InChI=1S/C15H24N2O/c1-12-8-13(9-16)4-5-14(12)10-17-6-7-18-15(2,3)11-17/h4-5,8H,6-7,9-11,16H2,1-3H3. The Morgan fingerprint density at radius 1 is 1.39 bits per heavy atom. The fourth-order valence-corrected chi connectivity index (χ4v) is 2.55. The van der Waals surface area contributed by atoms with Crippen molar-refractivity contribution in [1.29, 1.82) is 0 Å². The van der Waals surface area contributed by atoms with Crippen molar-refractivity contribution in [2.24, 2.45) is 5.73 Å². The number of nitrogens with zero attached hydrogens (tertiary/aromatic N) is 1. The van der Waals surface area contributed by atoms with Crippen LogP contribution >= 0.6 is 0 Å². The summed E-state index contributed by atoms with van der Waals surface area (Å²) < 4.78 is 5.74.